The third-order valence-corrected chi connectivity index (χ3v) is 4.27. The average molecular weight is 334 g/mol. The number of hydrogen-bond acceptors (Lipinski definition) is 5. The molecule has 3 aromatic rings. The number of nitrogens with zero attached hydrogens (tertiary/aromatic N) is 3. The molecule has 0 saturated heterocycles. The maximum absolute atomic E-state index is 12.4. The minimum atomic E-state index is -1.70. The van der Waals surface area contributed by atoms with Gasteiger partial charge in [0.1, 0.15) is 5.69 Å². The molecular formula is C18H14N4O3. The molecule has 124 valence electrons. The molecule has 1 aromatic heterocycles. The van der Waals surface area contributed by atoms with E-state index in [0.29, 0.717) is 16.8 Å². The lowest BCUT2D eigenvalue weighted by molar-refractivity contribution is -0.144. The SMILES string of the molecule is Cc1nn2c(nc1=O)-c1ccccc1N[C@@]2(C(=O)O)c1ccccc1. The monoisotopic (exact) mass is 334 g/mol. The van der Waals surface area contributed by atoms with Crippen LogP contribution in [0.25, 0.3) is 11.4 Å². The summed E-state index contributed by atoms with van der Waals surface area (Å²) in [7, 11) is 0. The molecule has 4 rings (SSSR count). The predicted octanol–water partition coefficient (Wildman–Crippen LogP) is 1.82. The minimum Gasteiger partial charge on any atom is -0.478 e. The van der Waals surface area contributed by atoms with Gasteiger partial charge in [0.15, 0.2) is 5.82 Å². The number of fused-ring (bicyclic) bond motifs is 3. The number of nitrogens with one attached hydrogen (secondary N) is 1. The van der Waals surface area contributed by atoms with Gasteiger partial charge in [0.05, 0.1) is 0 Å². The molecule has 0 radical (unpaired) electrons. The Balaban J connectivity index is 2.14. The quantitative estimate of drug-likeness (QED) is 0.742. The van der Waals surface area contributed by atoms with Gasteiger partial charge in [-0.1, -0.05) is 42.5 Å². The Morgan fingerprint density at radius 1 is 1.12 bits per heavy atom. The van der Waals surface area contributed by atoms with Crippen LogP contribution in [0, 0.1) is 6.92 Å². The van der Waals surface area contributed by atoms with Gasteiger partial charge in [-0.15, -0.1) is 0 Å². The van der Waals surface area contributed by atoms with Crippen molar-refractivity contribution < 1.29 is 9.90 Å². The van der Waals surface area contributed by atoms with E-state index < -0.39 is 17.2 Å². The third kappa shape index (κ3) is 2.06. The molecule has 25 heavy (non-hydrogen) atoms. The second-order valence-electron chi connectivity index (χ2n) is 5.79. The molecule has 0 fully saturated rings. The normalized spacial score (nSPS) is 18.0. The van der Waals surface area contributed by atoms with Gasteiger partial charge < -0.3 is 10.4 Å². The van der Waals surface area contributed by atoms with Crippen molar-refractivity contribution in [3.05, 3.63) is 76.2 Å². The smallest absolute Gasteiger partial charge is 0.357 e. The number of rotatable bonds is 2. The van der Waals surface area contributed by atoms with Crippen LogP contribution < -0.4 is 10.9 Å². The highest BCUT2D eigenvalue weighted by atomic mass is 16.4. The number of para-hydroxylation sites is 1. The molecule has 1 aliphatic heterocycles. The van der Waals surface area contributed by atoms with Crippen LogP contribution >= 0.6 is 0 Å². The lowest BCUT2D eigenvalue weighted by Crippen LogP contribution is -2.54. The summed E-state index contributed by atoms with van der Waals surface area (Å²) in [5.74, 6) is -0.928. The molecule has 0 unspecified atom stereocenters. The summed E-state index contributed by atoms with van der Waals surface area (Å²) in [5, 5.41) is 17.5. The molecule has 7 heteroatoms. The lowest BCUT2D eigenvalue weighted by Gasteiger charge is -2.38. The Morgan fingerprint density at radius 2 is 1.80 bits per heavy atom. The summed E-state index contributed by atoms with van der Waals surface area (Å²) < 4.78 is 1.28. The summed E-state index contributed by atoms with van der Waals surface area (Å²) in [6, 6.07) is 15.8. The number of anilines is 1. The lowest BCUT2D eigenvalue weighted by atomic mass is 9.95. The van der Waals surface area contributed by atoms with Gasteiger partial charge >= 0.3 is 5.97 Å². The average Bonchev–Trinajstić information content (AvgIpc) is 2.63. The number of hydrogen-bond donors (Lipinski definition) is 2. The van der Waals surface area contributed by atoms with Crippen LogP contribution in [-0.4, -0.2) is 25.8 Å². The molecule has 0 amide bonds. The first-order chi connectivity index (χ1) is 12.0. The number of carboxylic acids is 1. The Kier molecular flexibility index (Phi) is 3.18. The van der Waals surface area contributed by atoms with E-state index in [1.54, 1.807) is 54.6 Å². The van der Waals surface area contributed by atoms with Crippen molar-refractivity contribution in [3.63, 3.8) is 0 Å². The van der Waals surface area contributed by atoms with Gasteiger partial charge in [0.2, 0.25) is 0 Å². The van der Waals surface area contributed by atoms with E-state index >= 15 is 0 Å². The molecule has 2 aromatic carbocycles. The number of benzene rings is 2. The number of aliphatic carboxylic acids is 1. The maximum Gasteiger partial charge on any atom is 0.357 e. The molecule has 0 aliphatic carbocycles. The standard InChI is InChI=1S/C18H14N4O3/c1-11-16(23)19-15-13-9-5-6-10-14(13)20-18(17(24)25,22(15)21-11)12-7-3-2-4-8-12/h2-10,20H,1H3,(H,24,25)/t18-/m0/s1. The summed E-state index contributed by atoms with van der Waals surface area (Å²) in [6.45, 7) is 1.51. The van der Waals surface area contributed by atoms with Gasteiger partial charge in [0.25, 0.3) is 11.2 Å². The van der Waals surface area contributed by atoms with Crippen molar-refractivity contribution in [2.45, 2.75) is 12.6 Å². The van der Waals surface area contributed by atoms with E-state index in [0.717, 1.165) is 0 Å². The topological polar surface area (TPSA) is 97.1 Å². The highest BCUT2D eigenvalue weighted by Crippen LogP contribution is 2.39. The number of aromatic nitrogens is 3. The molecule has 2 N–H and O–H groups in total. The summed E-state index contributed by atoms with van der Waals surface area (Å²) in [6.07, 6.45) is 0. The van der Waals surface area contributed by atoms with Crippen LogP contribution in [0.2, 0.25) is 0 Å². The van der Waals surface area contributed by atoms with Crippen molar-refractivity contribution in [2.24, 2.45) is 0 Å². The van der Waals surface area contributed by atoms with Crippen molar-refractivity contribution >= 4 is 11.7 Å². The van der Waals surface area contributed by atoms with E-state index in [-0.39, 0.29) is 11.5 Å². The molecule has 0 saturated carbocycles. The first-order valence-corrected chi connectivity index (χ1v) is 7.69. The fourth-order valence-corrected chi connectivity index (χ4v) is 3.05. The largest absolute Gasteiger partial charge is 0.478 e. The zero-order chi connectivity index (χ0) is 17.6. The van der Waals surface area contributed by atoms with E-state index in [1.807, 2.05) is 0 Å². The molecule has 7 nitrogen and oxygen atoms in total. The van der Waals surface area contributed by atoms with E-state index in [2.05, 4.69) is 15.4 Å². The molecule has 1 aliphatic rings. The Bertz CT molecular complexity index is 1050. The Morgan fingerprint density at radius 3 is 2.52 bits per heavy atom. The van der Waals surface area contributed by atoms with Gasteiger partial charge in [0, 0.05) is 16.8 Å². The zero-order valence-electron chi connectivity index (χ0n) is 13.3. The Labute approximate surface area is 142 Å². The summed E-state index contributed by atoms with van der Waals surface area (Å²) in [4.78, 5) is 28.6. The van der Waals surface area contributed by atoms with E-state index in [4.69, 9.17) is 0 Å². The zero-order valence-corrected chi connectivity index (χ0v) is 13.3. The van der Waals surface area contributed by atoms with Crippen LogP contribution in [-0.2, 0) is 10.5 Å². The van der Waals surface area contributed by atoms with Crippen LogP contribution in [0.15, 0.2) is 59.4 Å². The third-order valence-electron chi connectivity index (χ3n) is 4.27. The van der Waals surface area contributed by atoms with E-state index in [1.165, 1.54) is 11.6 Å². The van der Waals surface area contributed by atoms with Crippen molar-refractivity contribution in [2.75, 3.05) is 5.32 Å². The summed E-state index contributed by atoms with van der Waals surface area (Å²) in [5.41, 5.74) is -0.361. The predicted molar refractivity (Wildman–Crippen MR) is 91.2 cm³/mol. The van der Waals surface area contributed by atoms with Crippen molar-refractivity contribution in [1.29, 1.82) is 0 Å². The van der Waals surface area contributed by atoms with E-state index in [9.17, 15) is 14.7 Å². The fourth-order valence-electron chi connectivity index (χ4n) is 3.05. The first kappa shape index (κ1) is 15.1. The molecule has 1 atom stereocenters. The van der Waals surface area contributed by atoms with Gasteiger partial charge in [-0.05, 0) is 19.1 Å². The highest BCUT2D eigenvalue weighted by molar-refractivity contribution is 5.90. The first-order valence-electron chi connectivity index (χ1n) is 7.69. The van der Waals surface area contributed by atoms with Gasteiger partial charge in [-0.3, -0.25) is 4.79 Å². The number of carbonyl (C=O) groups is 1. The molecular weight excluding hydrogens is 320 g/mol. The number of carboxylic acid groups (broad SMARTS) is 1. The van der Waals surface area contributed by atoms with Crippen LogP contribution in [0.4, 0.5) is 5.69 Å². The van der Waals surface area contributed by atoms with Crippen LogP contribution in [0.5, 0.6) is 0 Å². The van der Waals surface area contributed by atoms with Crippen molar-refractivity contribution in [3.8, 4) is 11.4 Å². The minimum absolute atomic E-state index is 0.131. The van der Waals surface area contributed by atoms with Gasteiger partial charge in [-0.25, -0.2) is 9.48 Å². The van der Waals surface area contributed by atoms with Crippen LogP contribution in [0.3, 0.4) is 0 Å². The maximum atomic E-state index is 12.4. The molecule has 0 spiro atoms. The molecule has 2 heterocycles. The second kappa shape index (κ2) is 5.27. The Hall–Kier alpha value is -3.48. The van der Waals surface area contributed by atoms with Crippen molar-refractivity contribution in [1.82, 2.24) is 14.8 Å². The van der Waals surface area contributed by atoms with Gasteiger partial charge in [-0.2, -0.15) is 10.1 Å². The number of aryl methyl sites for hydroxylation is 1. The second-order valence-corrected chi connectivity index (χ2v) is 5.79. The molecule has 0 bridgehead atoms. The fraction of sp³-hybridized carbons (Fsp3) is 0.111. The van der Waals surface area contributed by atoms with Crippen LogP contribution in [0.1, 0.15) is 11.3 Å². The summed E-state index contributed by atoms with van der Waals surface area (Å²) >= 11 is 0. The highest BCUT2D eigenvalue weighted by Gasteiger charge is 2.48.